The smallest absolute Gasteiger partial charge is 0.237 e. The van der Waals surface area contributed by atoms with Gasteiger partial charge in [0.05, 0.1) is 5.54 Å². The van der Waals surface area contributed by atoms with Gasteiger partial charge in [0.25, 0.3) is 0 Å². The second-order valence-corrected chi connectivity index (χ2v) is 5.94. The van der Waals surface area contributed by atoms with Crippen molar-refractivity contribution in [3.8, 4) is 0 Å². The molecule has 0 spiro atoms. The van der Waals surface area contributed by atoms with E-state index in [1.165, 1.54) is 0 Å². The Kier molecular flexibility index (Phi) is 7.55. The van der Waals surface area contributed by atoms with Crippen LogP contribution in [0.1, 0.15) is 34.1 Å². The molecular weight excluding hydrogens is 240 g/mol. The molecule has 0 aromatic carbocycles. The van der Waals surface area contributed by atoms with Crippen LogP contribution < -0.4 is 11.1 Å². The average Bonchev–Trinajstić information content (AvgIpc) is 2.28. The van der Waals surface area contributed by atoms with E-state index in [1.54, 1.807) is 7.05 Å². The van der Waals surface area contributed by atoms with Gasteiger partial charge in [-0.15, -0.1) is 0 Å². The minimum Gasteiger partial charge on any atom is -0.368 e. The van der Waals surface area contributed by atoms with E-state index in [4.69, 9.17) is 5.73 Å². The Hall–Kier alpha value is -0.650. The van der Waals surface area contributed by atoms with Gasteiger partial charge in [0, 0.05) is 18.6 Å². The van der Waals surface area contributed by atoms with Crippen molar-refractivity contribution < 1.29 is 4.79 Å². The first-order valence-electron chi connectivity index (χ1n) is 7.07. The van der Waals surface area contributed by atoms with E-state index in [2.05, 4.69) is 50.0 Å². The van der Waals surface area contributed by atoms with Gasteiger partial charge >= 0.3 is 0 Å². The van der Waals surface area contributed by atoms with Crippen LogP contribution in [0, 0.1) is 0 Å². The topological polar surface area (TPSA) is 61.6 Å². The largest absolute Gasteiger partial charge is 0.368 e. The van der Waals surface area contributed by atoms with Crippen molar-refractivity contribution in [3.63, 3.8) is 0 Å². The standard InChI is InChI=1S/C14H32N4O/c1-8-18(12(3)10-17(6)7)11(2)9-14(4,16-5)13(15)19/h11-12,16H,8-10H2,1-7H3,(H2,15,19). The van der Waals surface area contributed by atoms with Crippen LogP contribution in [-0.2, 0) is 4.79 Å². The molecule has 0 rings (SSSR count). The molecule has 1 amide bonds. The fourth-order valence-electron chi connectivity index (χ4n) is 2.73. The van der Waals surface area contributed by atoms with Crippen molar-refractivity contribution in [1.82, 2.24) is 15.1 Å². The highest BCUT2D eigenvalue weighted by Crippen LogP contribution is 2.18. The van der Waals surface area contributed by atoms with Gasteiger partial charge in [-0.05, 0) is 54.9 Å². The van der Waals surface area contributed by atoms with Gasteiger partial charge in [-0.25, -0.2) is 0 Å². The molecule has 3 atom stereocenters. The van der Waals surface area contributed by atoms with E-state index < -0.39 is 5.54 Å². The van der Waals surface area contributed by atoms with Crippen molar-refractivity contribution in [1.29, 1.82) is 0 Å². The number of nitrogens with one attached hydrogen (secondary N) is 1. The lowest BCUT2D eigenvalue weighted by Gasteiger charge is -2.38. The third-order valence-corrected chi connectivity index (χ3v) is 3.93. The number of primary amides is 1. The molecule has 0 aromatic heterocycles. The van der Waals surface area contributed by atoms with Gasteiger partial charge in [-0.1, -0.05) is 6.92 Å². The van der Waals surface area contributed by atoms with Crippen molar-refractivity contribution in [2.24, 2.45) is 5.73 Å². The van der Waals surface area contributed by atoms with Gasteiger partial charge in [-0.3, -0.25) is 9.69 Å². The highest BCUT2D eigenvalue weighted by atomic mass is 16.1. The van der Waals surface area contributed by atoms with E-state index in [0.717, 1.165) is 13.1 Å². The quantitative estimate of drug-likeness (QED) is 0.642. The second-order valence-electron chi connectivity index (χ2n) is 5.94. The second kappa shape index (κ2) is 7.82. The van der Waals surface area contributed by atoms with Crippen molar-refractivity contribution in [3.05, 3.63) is 0 Å². The summed E-state index contributed by atoms with van der Waals surface area (Å²) in [4.78, 5) is 16.2. The predicted molar refractivity (Wildman–Crippen MR) is 81.1 cm³/mol. The number of amides is 1. The average molecular weight is 272 g/mol. The zero-order valence-corrected chi connectivity index (χ0v) is 13.7. The minimum absolute atomic E-state index is 0.293. The minimum atomic E-state index is -0.648. The monoisotopic (exact) mass is 272 g/mol. The maximum absolute atomic E-state index is 11.6. The molecule has 5 nitrogen and oxygen atoms in total. The van der Waals surface area contributed by atoms with Gasteiger partial charge in [0.2, 0.25) is 5.91 Å². The van der Waals surface area contributed by atoms with Crippen LogP contribution in [0.2, 0.25) is 0 Å². The summed E-state index contributed by atoms with van der Waals surface area (Å²) in [6, 6.07) is 0.744. The molecule has 0 heterocycles. The Morgan fingerprint density at radius 1 is 1.32 bits per heavy atom. The molecule has 114 valence electrons. The molecule has 0 bridgehead atoms. The highest BCUT2D eigenvalue weighted by Gasteiger charge is 2.33. The van der Waals surface area contributed by atoms with Crippen LogP contribution >= 0.6 is 0 Å². The van der Waals surface area contributed by atoms with E-state index in [0.29, 0.717) is 18.5 Å². The van der Waals surface area contributed by atoms with Crippen LogP contribution in [0.4, 0.5) is 0 Å². The molecule has 0 aromatic rings. The summed E-state index contributed by atoms with van der Waals surface area (Å²) in [6.45, 7) is 10.4. The molecule has 0 saturated heterocycles. The first-order valence-corrected chi connectivity index (χ1v) is 7.07. The first-order chi connectivity index (χ1) is 8.67. The molecule has 0 aliphatic rings. The molecule has 0 fully saturated rings. The number of likely N-dealkylation sites (N-methyl/N-ethyl adjacent to an activating group) is 3. The number of carbonyl (C=O) groups is 1. The molecule has 3 N–H and O–H groups in total. The van der Waals surface area contributed by atoms with E-state index >= 15 is 0 Å². The molecule has 5 heteroatoms. The van der Waals surface area contributed by atoms with Crippen LogP contribution in [0.3, 0.4) is 0 Å². The van der Waals surface area contributed by atoms with Crippen LogP contribution in [0.25, 0.3) is 0 Å². The molecule has 19 heavy (non-hydrogen) atoms. The predicted octanol–water partition coefficient (Wildman–Crippen LogP) is 0.500. The molecule has 0 radical (unpaired) electrons. The molecule has 3 unspecified atom stereocenters. The fourth-order valence-corrected chi connectivity index (χ4v) is 2.73. The lowest BCUT2D eigenvalue weighted by atomic mass is 9.91. The first kappa shape index (κ1) is 18.4. The Bertz CT molecular complexity index is 283. The summed E-state index contributed by atoms with van der Waals surface area (Å²) in [5, 5.41) is 3.06. The Morgan fingerprint density at radius 2 is 1.84 bits per heavy atom. The highest BCUT2D eigenvalue weighted by molar-refractivity contribution is 5.84. The molecule has 0 aliphatic carbocycles. The number of rotatable bonds is 9. The van der Waals surface area contributed by atoms with Crippen molar-refractivity contribution in [2.75, 3.05) is 34.2 Å². The number of nitrogens with two attached hydrogens (primary N) is 1. The summed E-state index contributed by atoms with van der Waals surface area (Å²) in [6.07, 6.45) is 0.713. The van der Waals surface area contributed by atoms with Crippen molar-refractivity contribution in [2.45, 2.75) is 51.7 Å². The zero-order chi connectivity index (χ0) is 15.2. The Balaban J connectivity index is 4.75. The fraction of sp³-hybridized carbons (Fsp3) is 0.929. The third-order valence-electron chi connectivity index (χ3n) is 3.93. The summed E-state index contributed by atoms with van der Waals surface area (Å²) in [5.74, 6) is -0.293. The van der Waals surface area contributed by atoms with Crippen LogP contribution in [0.5, 0.6) is 0 Å². The van der Waals surface area contributed by atoms with Crippen LogP contribution in [0.15, 0.2) is 0 Å². The lowest BCUT2D eigenvalue weighted by molar-refractivity contribution is -0.124. The van der Waals surface area contributed by atoms with Gasteiger partial charge in [0.15, 0.2) is 0 Å². The van der Waals surface area contributed by atoms with E-state index in [9.17, 15) is 4.79 Å². The number of hydrogen-bond donors (Lipinski definition) is 2. The molecule has 0 aliphatic heterocycles. The van der Waals surface area contributed by atoms with E-state index in [-0.39, 0.29) is 5.91 Å². The summed E-state index contributed by atoms with van der Waals surface area (Å²) in [5.41, 5.74) is 4.85. The molecular formula is C14H32N4O. The van der Waals surface area contributed by atoms with E-state index in [1.807, 2.05) is 6.92 Å². The summed E-state index contributed by atoms with van der Waals surface area (Å²) < 4.78 is 0. The summed E-state index contributed by atoms with van der Waals surface area (Å²) >= 11 is 0. The Labute approximate surface area is 118 Å². The SMILES string of the molecule is CCN(C(C)CN(C)C)C(C)CC(C)(NC)C(N)=O. The maximum atomic E-state index is 11.6. The zero-order valence-electron chi connectivity index (χ0n) is 13.7. The van der Waals surface area contributed by atoms with Gasteiger partial charge in [0.1, 0.15) is 0 Å². The Morgan fingerprint density at radius 3 is 2.16 bits per heavy atom. The third kappa shape index (κ3) is 5.47. The molecule has 0 saturated carbocycles. The lowest BCUT2D eigenvalue weighted by Crippen LogP contribution is -2.56. The summed E-state index contributed by atoms with van der Waals surface area (Å²) in [7, 11) is 5.95. The van der Waals surface area contributed by atoms with Gasteiger partial charge < -0.3 is 16.0 Å². The van der Waals surface area contributed by atoms with Gasteiger partial charge in [-0.2, -0.15) is 0 Å². The van der Waals surface area contributed by atoms with Crippen molar-refractivity contribution >= 4 is 5.91 Å². The maximum Gasteiger partial charge on any atom is 0.237 e. The normalized spacial score (nSPS) is 18.4. The number of nitrogens with zero attached hydrogens (tertiary/aromatic N) is 2. The van der Waals surface area contributed by atoms with Crippen LogP contribution in [-0.4, -0.2) is 67.6 Å². The number of carbonyl (C=O) groups excluding carboxylic acids is 1. The number of hydrogen-bond acceptors (Lipinski definition) is 4.